The molecule has 2 heterocycles. The van der Waals surface area contributed by atoms with Gasteiger partial charge in [0.2, 0.25) is 6.79 Å². The molecule has 1 N–H and O–H groups in total. The topological polar surface area (TPSA) is 52.5 Å². The summed E-state index contributed by atoms with van der Waals surface area (Å²) in [5.41, 5.74) is 2.69. The molecular weight excluding hydrogens is 304 g/mol. The van der Waals surface area contributed by atoms with Gasteiger partial charge in [-0.15, -0.1) is 0 Å². The van der Waals surface area contributed by atoms with E-state index >= 15 is 0 Å². The number of benzene rings is 2. The molecule has 5 heteroatoms. The molecule has 2 aromatic carbocycles. The molecule has 0 spiro atoms. The first-order valence-electron chi connectivity index (χ1n) is 7.70. The fraction of sp³-hybridized carbons (Fsp3) is 0.105. The molecule has 0 atom stereocenters. The third kappa shape index (κ3) is 2.84. The number of carbonyl (C=O) groups excluding carboxylic acids is 1. The van der Waals surface area contributed by atoms with Crippen LogP contribution in [0.1, 0.15) is 15.9 Å². The average Bonchev–Trinajstić information content (AvgIpc) is 3.30. The maximum absolute atomic E-state index is 12.3. The van der Waals surface area contributed by atoms with E-state index in [1.807, 2.05) is 53.4 Å². The third-order valence-electron chi connectivity index (χ3n) is 3.93. The lowest BCUT2D eigenvalue weighted by Gasteiger charge is -2.08. The average molecular weight is 320 g/mol. The van der Waals surface area contributed by atoms with Crippen molar-refractivity contribution in [1.29, 1.82) is 0 Å². The van der Waals surface area contributed by atoms with Crippen molar-refractivity contribution >= 4 is 5.91 Å². The zero-order valence-corrected chi connectivity index (χ0v) is 12.9. The Hall–Kier alpha value is -3.21. The summed E-state index contributed by atoms with van der Waals surface area (Å²) in [6.45, 7) is 0.674. The predicted octanol–water partition coefficient (Wildman–Crippen LogP) is 3.14. The number of ether oxygens (including phenoxy) is 2. The summed E-state index contributed by atoms with van der Waals surface area (Å²) in [5, 5.41) is 2.92. The summed E-state index contributed by atoms with van der Waals surface area (Å²) in [5.74, 6) is 1.15. The molecule has 1 aliphatic heterocycles. The van der Waals surface area contributed by atoms with E-state index in [1.165, 1.54) is 0 Å². The van der Waals surface area contributed by atoms with Crippen molar-refractivity contribution in [2.45, 2.75) is 6.54 Å². The summed E-state index contributed by atoms with van der Waals surface area (Å²) >= 11 is 0. The molecule has 1 aromatic heterocycles. The van der Waals surface area contributed by atoms with E-state index in [9.17, 15) is 4.79 Å². The van der Waals surface area contributed by atoms with Crippen molar-refractivity contribution < 1.29 is 14.3 Å². The first kappa shape index (κ1) is 14.4. The van der Waals surface area contributed by atoms with E-state index in [1.54, 1.807) is 18.2 Å². The van der Waals surface area contributed by atoms with Crippen LogP contribution in [0.15, 0.2) is 67.0 Å². The Kier molecular flexibility index (Phi) is 3.67. The van der Waals surface area contributed by atoms with Crippen LogP contribution in [0.4, 0.5) is 0 Å². The normalized spacial score (nSPS) is 12.2. The summed E-state index contributed by atoms with van der Waals surface area (Å²) in [7, 11) is 0. The lowest BCUT2D eigenvalue weighted by Crippen LogP contribution is -2.22. The van der Waals surface area contributed by atoms with Crippen LogP contribution in [0.3, 0.4) is 0 Å². The number of rotatable bonds is 4. The maximum Gasteiger partial charge on any atom is 0.251 e. The lowest BCUT2D eigenvalue weighted by molar-refractivity contribution is 0.0950. The fourth-order valence-corrected chi connectivity index (χ4v) is 2.61. The first-order valence-corrected chi connectivity index (χ1v) is 7.70. The van der Waals surface area contributed by atoms with Crippen molar-refractivity contribution in [3.63, 3.8) is 0 Å². The van der Waals surface area contributed by atoms with Gasteiger partial charge in [-0.1, -0.05) is 12.1 Å². The summed E-state index contributed by atoms with van der Waals surface area (Å²) in [6, 6.07) is 17.2. The SMILES string of the molecule is O=C(NCc1ccc(-n2cccc2)cc1)c1ccc2c(c1)OCO2. The van der Waals surface area contributed by atoms with Crippen LogP contribution in [0.2, 0.25) is 0 Å². The third-order valence-corrected chi connectivity index (χ3v) is 3.93. The highest BCUT2D eigenvalue weighted by Gasteiger charge is 2.15. The zero-order chi connectivity index (χ0) is 16.4. The van der Waals surface area contributed by atoms with Crippen LogP contribution in [0.5, 0.6) is 11.5 Å². The van der Waals surface area contributed by atoms with Crippen molar-refractivity contribution in [1.82, 2.24) is 9.88 Å². The van der Waals surface area contributed by atoms with Crippen molar-refractivity contribution in [2.75, 3.05) is 6.79 Å². The van der Waals surface area contributed by atoms with Gasteiger partial charge in [0.05, 0.1) is 0 Å². The van der Waals surface area contributed by atoms with Crippen LogP contribution in [0.25, 0.3) is 5.69 Å². The van der Waals surface area contributed by atoms with Crippen LogP contribution < -0.4 is 14.8 Å². The Morgan fingerprint density at radius 1 is 1.00 bits per heavy atom. The minimum atomic E-state index is -0.136. The van der Waals surface area contributed by atoms with Gasteiger partial charge in [0.25, 0.3) is 5.91 Å². The highest BCUT2D eigenvalue weighted by Crippen LogP contribution is 2.32. The number of nitrogens with one attached hydrogen (secondary N) is 1. The Morgan fingerprint density at radius 3 is 2.54 bits per heavy atom. The highest BCUT2D eigenvalue weighted by atomic mass is 16.7. The molecule has 5 nitrogen and oxygen atoms in total. The standard InChI is InChI=1S/C19H16N2O3/c22-19(15-5-8-17-18(11-15)24-13-23-17)20-12-14-3-6-16(7-4-14)21-9-1-2-10-21/h1-11H,12-13H2,(H,20,22). The van der Waals surface area contributed by atoms with Gasteiger partial charge in [0.1, 0.15) is 0 Å². The Morgan fingerprint density at radius 2 is 1.75 bits per heavy atom. The minimum Gasteiger partial charge on any atom is -0.454 e. The number of aromatic nitrogens is 1. The van der Waals surface area contributed by atoms with Gasteiger partial charge < -0.3 is 19.4 Å². The van der Waals surface area contributed by atoms with Gasteiger partial charge in [0, 0.05) is 30.2 Å². The summed E-state index contributed by atoms with van der Waals surface area (Å²) in [4.78, 5) is 12.3. The van der Waals surface area contributed by atoms with Gasteiger partial charge in [0.15, 0.2) is 11.5 Å². The smallest absolute Gasteiger partial charge is 0.251 e. The molecule has 0 saturated carbocycles. The van der Waals surface area contributed by atoms with Gasteiger partial charge in [-0.25, -0.2) is 0 Å². The van der Waals surface area contributed by atoms with Gasteiger partial charge in [-0.05, 0) is 48.0 Å². The number of fused-ring (bicyclic) bond motifs is 1. The number of amides is 1. The molecule has 3 aromatic rings. The second kappa shape index (κ2) is 6.12. The van der Waals surface area contributed by atoms with Gasteiger partial charge in [-0.2, -0.15) is 0 Å². The predicted molar refractivity (Wildman–Crippen MR) is 89.5 cm³/mol. The second-order valence-corrected chi connectivity index (χ2v) is 5.51. The van der Waals surface area contributed by atoms with Crippen LogP contribution in [-0.2, 0) is 6.54 Å². The van der Waals surface area contributed by atoms with Gasteiger partial charge >= 0.3 is 0 Å². The molecule has 24 heavy (non-hydrogen) atoms. The quantitative estimate of drug-likeness (QED) is 0.803. The van der Waals surface area contributed by atoms with Crippen molar-refractivity contribution in [3.8, 4) is 17.2 Å². The van der Waals surface area contributed by atoms with Crippen molar-refractivity contribution in [2.24, 2.45) is 0 Å². The van der Waals surface area contributed by atoms with Crippen LogP contribution in [-0.4, -0.2) is 17.3 Å². The molecule has 0 fully saturated rings. The minimum absolute atomic E-state index is 0.136. The summed E-state index contributed by atoms with van der Waals surface area (Å²) < 4.78 is 12.6. The van der Waals surface area contributed by atoms with Crippen LogP contribution in [0, 0.1) is 0 Å². The van der Waals surface area contributed by atoms with E-state index in [0.29, 0.717) is 23.6 Å². The van der Waals surface area contributed by atoms with E-state index in [0.717, 1.165) is 11.3 Å². The Labute approximate surface area is 139 Å². The number of carbonyl (C=O) groups is 1. The molecule has 0 aliphatic carbocycles. The van der Waals surface area contributed by atoms with Crippen LogP contribution >= 0.6 is 0 Å². The first-order chi connectivity index (χ1) is 11.8. The van der Waals surface area contributed by atoms with E-state index in [-0.39, 0.29) is 12.7 Å². The molecule has 0 radical (unpaired) electrons. The van der Waals surface area contributed by atoms with E-state index in [4.69, 9.17) is 9.47 Å². The zero-order valence-electron chi connectivity index (χ0n) is 12.9. The Bertz CT molecular complexity index is 855. The largest absolute Gasteiger partial charge is 0.454 e. The monoisotopic (exact) mass is 320 g/mol. The molecule has 120 valence electrons. The second-order valence-electron chi connectivity index (χ2n) is 5.51. The molecule has 1 amide bonds. The van der Waals surface area contributed by atoms with E-state index in [2.05, 4.69) is 5.32 Å². The molecule has 0 bridgehead atoms. The Balaban J connectivity index is 1.40. The van der Waals surface area contributed by atoms with Crippen molar-refractivity contribution in [3.05, 3.63) is 78.1 Å². The molecule has 0 saturated heterocycles. The number of hydrogen-bond acceptors (Lipinski definition) is 3. The fourth-order valence-electron chi connectivity index (χ4n) is 2.61. The molecule has 4 rings (SSSR count). The van der Waals surface area contributed by atoms with E-state index < -0.39 is 0 Å². The molecular formula is C19H16N2O3. The number of hydrogen-bond donors (Lipinski definition) is 1. The lowest BCUT2D eigenvalue weighted by atomic mass is 10.1. The number of nitrogens with zero attached hydrogens (tertiary/aromatic N) is 1. The van der Waals surface area contributed by atoms with Gasteiger partial charge in [-0.3, -0.25) is 4.79 Å². The summed E-state index contributed by atoms with van der Waals surface area (Å²) in [6.07, 6.45) is 3.99. The highest BCUT2D eigenvalue weighted by molar-refractivity contribution is 5.94. The molecule has 1 aliphatic rings. The molecule has 0 unspecified atom stereocenters. The maximum atomic E-state index is 12.3.